The fourth-order valence-corrected chi connectivity index (χ4v) is 2.07. The molecule has 25 heavy (non-hydrogen) atoms. The summed E-state index contributed by atoms with van der Waals surface area (Å²) in [4.78, 5) is 41.6. The van der Waals surface area contributed by atoms with Gasteiger partial charge in [0.1, 0.15) is 0 Å². The lowest BCUT2D eigenvalue weighted by atomic mass is 9.99. The molecule has 0 saturated carbocycles. The van der Waals surface area contributed by atoms with E-state index in [1.54, 1.807) is 30.3 Å². The summed E-state index contributed by atoms with van der Waals surface area (Å²) in [5.41, 5.74) is -0.350. The first-order valence-corrected chi connectivity index (χ1v) is 7.16. The van der Waals surface area contributed by atoms with E-state index in [1.165, 1.54) is 6.07 Å². The van der Waals surface area contributed by atoms with Crippen molar-refractivity contribution in [3.63, 3.8) is 0 Å². The van der Waals surface area contributed by atoms with Gasteiger partial charge in [-0.1, -0.05) is 30.3 Å². The molecule has 8 nitrogen and oxygen atoms in total. The van der Waals surface area contributed by atoms with E-state index in [2.05, 4.69) is 0 Å². The maximum atomic E-state index is 11.1. The minimum absolute atomic E-state index is 0.0632. The molecule has 0 bridgehead atoms. The van der Waals surface area contributed by atoms with Gasteiger partial charge in [0.25, 0.3) is 0 Å². The summed E-state index contributed by atoms with van der Waals surface area (Å²) in [6.07, 6.45) is 0.0866. The fourth-order valence-electron chi connectivity index (χ4n) is 2.07. The number of hydrogen-bond donors (Lipinski definition) is 4. The van der Waals surface area contributed by atoms with Crippen molar-refractivity contribution >= 4 is 34.6 Å². The molecule has 0 saturated heterocycles. The first kappa shape index (κ1) is 19.6. The monoisotopic (exact) mass is 348 g/mol. The van der Waals surface area contributed by atoms with Crippen LogP contribution in [0.25, 0.3) is 10.8 Å². The van der Waals surface area contributed by atoms with E-state index in [-0.39, 0.29) is 30.4 Å². The van der Waals surface area contributed by atoms with Gasteiger partial charge in [0, 0.05) is 12.8 Å². The van der Waals surface area contributed by atoms with Crippen molar-refractivity contribution in [2.75, 3.05) is 0 Å². The Morgan fingerprint density at radius 2 is 1.28 bits per heavy atom. The van der Waals surface area contributed by atoms with Crippen LogP contribution < -0.4 is 0 Å². The molecule has 0 heterocycles. The number of rotatable bonds is 6. The van der Waals surface area contributed by atoms with Gasteiger partial charge in [-0.3, -0.25) is 9.59 Å². The van der Waals surface area contributed by atoms with Crippen LogP contribution in [0.3, 0.4) is 0 Å². The molecule has 0 fully saturated rings. The van der Waals surface area contributed by atoms with Crippen LogP contribution in [-0.2, 0) is 9.59 Å². The van der Waals surface area contributed by atoms with Gasteiger partial charge in [0.2, 0.25) is 0 Å². The summed E-state index contributed by atoms with van der Waals surface area (Å²) in [5, 5.41) is 35.2. The highest BCUT2D eigenvalue weighted by Gasteiger charge is 2.18. The van der Waals surface area contributed by atoms with Gasteiger partial charge in [0.15, 0.2) is 0 Å². The zero-order valence-electron chi connectivity index (χ0n) is 13.0. The van der Waals surface area contributed by atoms with Crippen LogP contribution in [-0.4, -0.2) is 44.3 Å². The van der Waals surface area contributed by atoms with E-state index in [9.17, 15) is 19.2 Å². The van der Waals surface area contributed by atoms with Crippen LogP contribution in [0, 0.1) is 0 Å². The van der Waals surface area contributed by atoms with Gasteiger partial charge in [-0.25, -0.2) is 9.59 Å². The predicted molar refractivity (Wildman–Crippen MR) is 87.0 cm³/mol. The van der Waals surface area contributed by atoms with E-state index in [0.717, 1.165) is 0 Å². The average Bonchev–Trinajstić information content (AvgIpc) is 2.53. The maximum Gasteiger partial charge on any atom is 0.337 e. The molecule has 2 rings (SSSR count). The highest BCUT2D eigenvalue weighted by molar-refractivity contribution is 6.11. The first-order valence-electron chi connectivity index (χ1n) is 7.16. The Morgan fingerprint density at radius 3 is 1.76 bits per heavy atom. The van der Waals surface area contributed by atoms with Gasteiger partial charge in [0.05, 0.1) is 11.1 Å². The average molecular weight is 348 g/mol. The van der Waals surface area contributed by atoms with Crippen molar-refractivity contribution in [3.8, 4) is 0 Å². The zero-order valence-corrected chi connectivity index (χ0v) is 13.0. The van der Waals surface area contributed by atoms with E-state index in [1.807, 2.05) is 0 Å². The van der Waals surface area contributed by atoms with E-state index < -0.39 is 23.9 Å². The number of hydrogen-bond acceptors (Lipinski definition) is 4. The second-order valence-electron chi connectivity index (χ2n) is 4.96. The van der Waals surface area contributed by atoms with Gasteiger partial charge >= 0.3 is 23.9 Å². The van der Waals surface area contributed by atoms with Crippen molar-refractivity contribution in [1.82, 2.24) is 0 Å². The molecule has 4 N–H and O–H groups in total. The molecule has 0 aliphatic heterocycles. The minimum Gasteiger partial charge on any atom is -0.481 e. The lowest BCUT2D eigenvalue weighted by Crippen LogP contribution is -2.08. The Bertz CT molecular complexity index is 795. The second kappa shape index (κ2) is 9.02. The molecule has 0 unspecified atom stereocenters. The Morgan fingerprint density at radius 1 is 0.720 bits per heavy atom. The van der Waals surface area contributed by atoms with Gasteiger partial charge in [-0.2, -0.15) is 0 Å². The number of aliphatic carboxylic acids is 2. The number of aromatic carboxylic acids is 2. The molecule has 0 atom stereocenters. The Labute approximate surface area is 141 Å². The predicted octanol–water partition coefficient (Wildman–Crippen LogP) is 2.56. The molecule has 0 amide bonds. The largest absolute Gasteiger partial charge is 0.481 e. The van der Waals surface area contributed by atoms with Crippen molar-refractivity contribution in [1.29, 1.82) is 0 Å². The smallest absolute Gasteiger partial charge is 0.337 e. The van der Waals surface area contributed by atoms with Crippen LogP contribution in [0.5, 0.6) is 0 Å². The quantitative estimate of drug-likeness (QED) is 0.622. The lowest BCUT2D eigenvalue weighted by molar-refractivity contribution is -0.138. The van der Waals surface area contributed by atoms with Crippen molar-refractivity contribution in [2.45, 2.75) is 19.3 Å². The fraction of sp³-hybridized carbons (Fsp3) is 0.176. The van der Waals surface area contributed by atoms with Crippen LogP contribution in [0.2, 0.25) is 0 Å². The SMILES string of the molecule is O=C(O)CCCC(=O)O.O=C(O)c1ccc2ccccc2c1C(=O)O. The Kier molecular flexibility index (Phi) is 7.08. The molecule has 0 spiro atoms. The summed E-state index contributed by atoms with van der Waals surface area (Å²) in [7, 11) is 0. The standard InChI is InChI=1S/C12H8O4.C5H8O4/c13-11(14)9-6-5-7-3-1-2-4-8(7)10(9)12(15)16;6-4(7)2-1-3-5(8)9/h1-6H,(H,13,14)(H,15,16);1-3H2,(H,6,7)(H,8,9). The summed E-state index contributed by atoms with van der Waals surface area (Å²) >= 11 is 0. The van der Waals surface area contributed by atoms with Crippen LogP contribution in [0.4, 0.5) is 0 Å². The number of carboxylic acid groups (broad SMARTS) is 4. The minimum atomic E-state index is -1.23. The summed E-state index contributed by atoms with van der Waals surface area (Å²) in [6, 6.07) is 9.72. The third kappa shape index (κ3) is 5.94. The molecular weight excluding hydrogens is 332 g/mol. The van der Waals surface area contributed by atoms with Crippen molar-refractivity contribution < 1.29 is 39.6 Å². The van der Waals surface area contributed by atoms with Gasteiger partial charge in [-0.15, -0.1) is 0 Å². The Hall–Kier alpha value is -3.42. The highest BCUT2D eigenvalue weighted by Crippen LogP contribution is 2.22. The zero-order chi connectivity index (χ0) is 19.0. The molecule has 0 radical (unpaired) electrons. The second-order valence-corrected chi connectivity index (χ2v) is 4.96. The number of carboxylic acids is 4. The number of carbonyl (C=O) groups is 4. The molecule has 132 valence electrons. The van der Waals surface area contributed by atoms with E-state index >= 15 is 0 Å². The number of benzene rings is 2. The molecule has 2 aromatic carbocycles. The molecule has 0 aliphatic carbocycles. The van der Waals surface area contributed by atoms with Crippen LogP contribution in [0.1, 0.15) is 40.0 Å². The maximum absolute atomic E-state index is 11.1. The molecule has 0 aromatic heterocycles. The summed E-state index contributed by atoms with van der Waals surface area (Å²) in [6.45, 7) is 0. The van der Waals surface area contributed by atoms with Gasteiger partial charge in [-0.05, 0) is 23.3 Å². The third-order valence-corrected chi connectivity index (χ3v) is 3.15. The summed E-state index contributed by atoms with van der Waals surface area (Å²) in [5.74, 6) is -4.36. The molecule has 8 heteroatoms. The van der Waals surface area contributed by atoms with E-state index in [4.69, 9.17) is 20.4 Å². The topological polar surface area (TPSA) is 149 Å². The normalized spacial score (nSPS) is 9.76. The Balaban J connectivity index is 0.000000299. The summed E-state index contributed by atoms with van der Waals surface area (Å²) < 4.78 is 0. The lowest BCUT2D eigenvalue weighted by Gasteiger charge is -2.05. The number of fused-ring (bicyclic) bond motifs is 1. The third-order valence-electron chi connectivity index (χ3n) is 3.15. The molecular formula is C17H16O8. The van der Waals surface area contributed by atoms with E-state index in [0.29, 0.717) is 10.8 Å². The van der Waals surface area contributed by atoms with Crippen LogP contribution in [0.15, 0.2) is 36.4 Å². The highest BCUT2D eigenvalue weighted by atomic mass is 16.4. The van der Waals surface area contributed by atoms with Gasteiger partial charge < -0.3 is 20.4 Å². The molecule has 0 aliphatic rings. The first-order chi connectivity index (χ1) is 11.7. The van der Waals surface area contributed by atoms with Crippen molar-refractivity contribution in [3.05, 3.63) is 47.5 Å². The molecule has 2 aromatic rings. The van der Waals surface area contributed by atoms with Crippen LogP contribution >= 0.6 is 0 Å². The van der Waals surface area contributed by atoms with Crippen molar-refractivity contribution in [2.24, 2.45) is 0 Å².